The van der Waals surface area contributed by atoms with Crippen molar-refractivity contribution in [1.29, 1.82) is 0 Å². The number of aliphatic hydroxyl groups excluding tert-OH is 1. The van der Waals surface area contributed by atoms with Crippen molar-refractivity contribution >= 4 is 22.9 Å². The lowest BCUT2D eigenvalue weighted by Gasteiger charge is -2.10. The number of hydrogen-bond donors (Lipinski definition) is 1. The molecule has 1 N–H and O–H groups in total. The van der Waals surface area contributed by atoms with Crippen molar-refractivity contribution in [2.75, 3.05) is 0 Å². The highest BCUT2D eigenvalue weighted by molar-refractivity contribution is 7.10. The van der Waals surface area contributed by atoms with Gasteiger partial charge in [-0.1, -0.05) is 17.7 Å². The van der Waals surface area contributed by atoms with E-state index in [2.05, 4.69) is 0 Å². The quantitative estimate of drug-likeness (QED) is 0.872. The number of aliphatic hydroxyl groups is 1. The Morgan fingerprint density at radius 1 is 1.25 bits per heavy atom. The molecule has 1 unspecified atom stereocenters. The van der Waals surface area contributed by atoms with Crippen LogP contribution < -0.4 is 0 Å². The molecule has 0 saturated carbocycles. The third-order valence-corrected chi connectivity index (χ3v) is 3.56. The molecule has 0 spiro atoms. The van der Waals surface area contributed by atoms with E-state index < -0.39 is 17.7 Å². The van der Waals surface area contributed by atoms with Gasteiger partial charge in [-0.25, -0.2) is 8.78 Å². The average molecular weight is 261 g/mol. The van der Waals surface area contributed by atoms with Gasteiger partial charge in [-0.05, 0) is 17.5 Å². The highest BCUT2D eigenvalue weighted by Crippen LogP contribution is 2.33. The highest BCUT2D eigenvalue weighted by atomic mass is 35.5. The summed E-state index contributed by atoms with van der Waals surface area (Å²) < 4.78 is 26.1. The van der Waals surface area contributed by atoms with E-state index in [4.69, 9.17) is 11.6 Å². The van der Waals surface area contributed by atoms with Gasteiger partial charge in [-0.2, -0.15) is 0 Å². The zero-order valence-corrected chi connectivity index (χ0v) is 9.53. The third kappa shape index (κ3) is 2.09. The summed E-state index contributed by atoms with van der Waals surface area (Å²) in [5.74, 6) is -1.46. The fourth-order valence-electron chi connectivity index (χ4n) is 1.37. The van der Waals surface area contributed by atoms with Crippen LogP contribution in [0.5, 0.6) is 0 Å². The molecular weight excluding hydrogens is 254 g/mol. The van der Waals surface area contributed by atoms with Gasteiger partial charge in [-0.15, -0.1) is 11.3 Å². The van der Waals surface area contributed by atoms with Gasteiger partial charge in [0.2, 0.25) is 0 Å². The van der Waals surface area contributed by atoms with Gasteiger partial charge >= 0.3 is 0 Å². The van der Waals surface area contributed by atoms with Gasteiger partial charge in [0.05, 0.1) is 9.90 Å². The molecule has 0 fully saturated rings. The maximum absolute atomic E-state index is 13.4. The lowest BCUT2D eigenvalue weighted by atomic mass is 10.1. The fraction of sp³-hybridized carbons (Fsp3) is 0.0909. The second-order valence-electron chi connectivity index (χ2n) is 3.20. The Morgan fingerprint density at radius 2 is 2.00 bits per heavy atom. The molecule has 0 bridgehead atoms. The Morgan fingerprint density at radius 3 is 2.56 bits per heavy atom. The number of hydrogen-bond acceptors (Lipinski definition) is 2. The molecule has 0 radical (unpaired) electrons. The van der Waals surface area contributed by atoms with Crippen molar-refractivity contribution in [3.05, 3.63) is 56.7 Å². The smallest absolute Gasteiger partial charge is 0.132 e. The van der Waals surface area contributed by atoms with Crippen LogP contribution in [0.15, 0.2) is 29.6 Å². The van der Waals surface area contributed by atoms with Crippen LogP contribution in [-0.2, 0) is 0 Å². The van der Waals surface area contributed by atoms with Crippen LogP contribution in [0.25, 0.3) is 0 Å². The molecule has 1 nitrogen and oxygen atoms in total. The summed E-state index contributed by atoms with van der Waals surface area (Å²) >= 11 is 7.05. The normalized spacial score (nSPS) is 12.8. The third-order valence-electron chi connectivity index (χ3n) is 2.15. The topological polar surface area (TPSA) is 20.2 Å². The summed E-state index contributed by atoms with van der Waals surface area (Å²) in [4.78, 5) is 0.451. The van der Waals surface area contributed by atoms with Crippen LogP contribution in [0.3, 0.4) is 0 Å². The molecule has 5 heteroatoms. The molecule has 2 rings (SSSR count). The van der Waals surface area contributed by atoms with Gasteiger partial charge < -0.3 is 5.11 Å². The van der Waals surface area contributed by atoms with E-state index in [1.165, 1.54) is 17.4 Å². The van der Waals surface area contributed by atoms with E-state index in [-0.39, 0.29) is 5.56 Å². The van der Waals surface area contributed by atoms with E-state index in [1.54, 1.807) is 11.4 Å². The number of halogens is 3. The zero-order valence-electron chi connectivity index (χ0n) is 7.95. The van der Waals surface area contributed by atoms with Crippen LogP contribution in [0, 0.1) is 11.6 Å². The number of rotatable bonds is 2. The molecule has 2 aromatic rings. The monoisotopic (exact) mass is 260 g/mol. The van der Waals surface area contributed by atoms with Crippen LogP contribution in [0.1, 0.15) is 16.5 Å². The second-order valence-corrected chi connectivity index (χ2v) is 4.56. The largest absolute Gasteiger partial charge is 0.383 e. The maximum atomic E-state index is 13.4. The zero-order chi connectivity index (χ0) is 11.7. The number of thiophene rings is 1. The van der Waals surface area contributed by atoms with Crippen molar-refractivity contribution in [1.82, 2.24) is 0 Å². The molecule has 1 aromatic carbocycles. The van der Waals surface area contributed by atoms with Gasteiger partial charge in [0.1, 0.15) is 17.7 Å². The van der Waals surface area contributed by atoms with E-state index in [1.807, 2.05) is 0 Å². The molecular formula is C11H7ClF2OS. The highest BCUT2D eigenvalue weighted by Gasteiger charge is 2.19. The Bertz CT molecular complexity index is 512. The van der Waals surface area contributed by atoms with Gasteiger partial charge in [0.15, 0.2) is 0 Å². The van der Waals surface area contributed by atoms with Crippen LogP contribution >= 0.6 is 22.9 Å². The summed E-state index contributed by atoms with van der Waals surface area (Å²) in [7, 11) is 0. The molecule has 0 aliphatic heterocycles. The summed E-state index contributed by atoms with van der Waals surface area (Å²) in [6.07, 6.45) is -1.16. The first-order valence-corrected chi connectivity index (χ1v) is 5.71. The van der Waals surface area contributed by atoms with Gasteiger partial charge in [-0.3, -0.25) is 0 Å². The molecule has 0 amide bonds. The first-order valence-electron chi connectivity index (χ1n) is 4.45. The van der Waals surface area contributed by atoms with Crippen molar-refractivity contribution in [2.24, 2.45) is 0 Å². The first kappa shape index (κ1) is 11.5. The Labute approximate surface area is 99.9 Å². The van der Waals surface area contributed by atoms with E-state index in [0.29, 0.717) is 9.90 Å². The molecule has 0 aliphatic carbocycles. The minimum Gasteiger partial charge on any atom is -0.383 e. The Hall–Kier alpha value is -0.970. The van der Waals surface area contributed by atoms with Crippen molar-refractivity contribution < 1.29 is 13.9 Å². The molecule has 0 aliphatic rings. The fourth-order valence-corrected chi connectivity index (χ4v) is 2.53. The maximum Gasteiger partial charge on any atom is 0.132 e. The molecule has 1 atom stereocenters. The van der Waals surface area contributed by atoms with Gasteiger partial charge in [0, 0.05) is 11.6 Å². The van der Waals surface area contributed by atoms with Crippen LogP contribution in [0.2, 0.25) is 5.02 Å². The van der Waals surface area contributed by atoms with E-state index >= 15 is 0 Å². The second kappa shape index (κ2) is 4.49. The minimum atomic E-state index is -1.16. The van der Waals surface area contributed by atoms with Crippen LogP contribution in [-0.4, -0.2) is 5.11 Å². The van der Waals surface area contributed by atoms with Crippen molar-refractivity contribution in [3.8, 4) is 0 Å². The van der Waals surface area contributed by atoms with Crippen molar-refractivity contribution in [2.45, 2.75) is 6.10 Å². The van der Waals surface area contributed by atoms with E-state index in [0.717, 1.165) is 12.1 Å². The Kier molecular flexibility index (Phi) is 3.23. The molecule has 1 aromatic heterocycles. The predicted octanol–water partition coefficient (Wildman–Crippen LogP) is 3.76. The summed E-state index contributed by atoms with van der Waals surface area (Å²) in [6, 6.07) is 4.67. The van der Waals surface area contributed by atoms with Crippen molar-refractivity contribution in [3.63, 3.8) is 0 Å². The Balaban J connectivity index is 2.41. The minimum absolute atomic E-state index is 0.0192. The SMILES string of the molecule is OC(c1ccc(F)cc1F)c1sccc1Cl. The predicted molar refractivity (Wildman–Crippen MR) is 59.7 cm³/mol. The average Bonchev–Trinajstić information content (AvgIpc) is 2.63. The van der Waals surface area contributed by atoms with Gasteiger partial charge in [0.25, 0.3) is 0 Å². The lowest BCUT2D eigenvalue weighted by molar-refractivity contribution is 0.218. The lowest BCUT2D eigenvalue weighted by Crippen LogP contribution is -2.01. The van der Waals surface area contributed by atoms with E-state index in [9.17, 15) is 13.9 Å². The van der Waals surface area contributed by atoms with Crippen LogP contribution in [0.4, 0.5) is 8.78 Å². The molecule has 1 heterocycles. The molecule has 84 valence electrons. The first-order chi connectivity index (χ1) is 7.59. The standard InChI is InChI=1S/C11H7ClF2OS/c12-8-3-4-16-11(8)10(15)7-2-1-6(13)5-9(7)14/h1-5,10,15H. The molecule has 0 saturated heterocycles. The summed E-state index contributed by atoms with van der Waals surface area (Å²) in [5.41, 5.74) is 0.0192. The molecule has 16 heavy (non-hydrogen) atoms. The number of benzene rings is 1. The summed E-state index contributed by atoms with van der Waals surface area (Å²) in [6.45, 7) is 0. The summed E-state index contributed by atoms with van der Waals surface area (Å²) in [5, 5.41) is 12.0.